The number of carbonyl (C=O) groups excluding carboxylic acids is 2. The summed E-state index contributed by atoms with van der Waals surface area (Å²) < 4.78 is 5.01. The number of hydrogen-bond donors (Lipinski definition) is 2. The summed E-state index contributed by atoms with van der Waals surface area (Å²) in [4.78, 5) is 28.0. The van der Waals surface area contributed by atoms with Crippen molar-refractivity contribution in [2.24, 2.45) is 0 Å². The third-order valence-corrected chi connectivity index (χ3v) is 4.87. The van der Waals surface area contributed by atoms with E-state index in [1.165, 1.54) is 0 Å². The highest BCUT2D eigenvalue weighted by atomic mass is 16.6. The minimum atomic E-state index is -0.385. The highest BCUT2D eigenvalue weighted by molar-refractivity contribution is 5.99. The number of para-hydroxylation sites is 2. The van der Waals surface area contributed by atoms with Crippen LogP contribution >= 0.6 is 0 Å². The number of ether oxygens (including phenoxy) is 1. The van der Waals surface area contributed by atoms with Gasteiger partial charge in [0.15, 0.2) is 0 Å². The van der Waals surface area contributed by atoms with Crippen molar-refractivity contribution in [1.29, 1.82) is 0 Å². The van der Waals surface area contributed by atoms with Crippen LogP contribution in [0.3, 0.4) is 0 Å². The third kappa shape index (κ3) is 3.22. The Morgan fingerprint density at radius 3 is 2.92 bits per heavy atom. The molecule has 1 aromatic heterocycles. The Labute approximate surface area is 151 Å². The Kier molecular flexibility index (Phi) is 4.47. The lowest BCUT2D eigenvalue weighted by Gasteiger charge is -2.32. The fourth-order valence-electron chi connectivity index (χ4n) is 3.53. The van der Waals surface area contributed by atoms with Crippen LogP contribution in [-0.4, -0.2) is 53.5 Å². The van der Waals surface area contributed by atoms with Crippen LogP contribution in [0.4, 0.5) is 21.0 Å². The summed E-state index contributed by atoms with van der Waals surface area (Å²) in [5, 5.41) is 9.96. The molecule has 2 aliphatic rings. The fraction of sp³-hybridized carbons (Fsp3) is 0.389. The molecule has 0 saturated carbocycles. The van der Waals surface area contributed by atoms with Crippen LogP contribution < -0.4 is 10.2 Å². The van der Waals surface area contributed by atoms with Crippen LogP contribution in [0.2, 0.25) is 0 Å². The lowest BCUT2D eigenvalue weighted by atomic mass is 9.95. The zero-order chi connectivity index (χ0) is 17.9. The second kappa shape index (κ2) is 7.07. The lowest BCUT2D eigenvalue weighted by molar-refractivity contribution is 0.181. The molecule has 1 aromatic carbocycles. The predicted molar refractivity (Wildman–Crippen MR) is 96.3 cm³/mol. The highest BCUT2D eigenvalue weighted by Crippen LogP contribution is 2.30. The second-order valence-electron chi connectivity index (χ2n) is 6.51. The van der Waals surface area contributed by atoms with Crippen LogP contribution in [0.25, 0.3) is 0 Å². The average Bonchev–Trinajstić information content (AvgIpc) is 3.34. The summed E-state index contributed by atoms with van der Waals surface area (Å²) in [6.45, 7) is 2.20. The van der Waals surface area contributed by atoms with Crippen LogP contribution in [-0.2, 0) is 4.74 Å². The standard InChI is InChI=1S/C18H21N5O3/c24-17(22-9-3-4-13(12-22)14-7-8-19-21-14)20-15-5-1-2-6-16(15)23-10-11-26-18(23)25/h1-2,5-8,13H,3-4,9-12H2,(H,19,21)(H,20,24). The molecule has 8 nitrogen and oxygen atoms in total. The monoisotopic (exact) mass is 355 g/mol. The minimum Gasteiger partial charge on any atom is -0.447 e. The van der Waals surface area contributed by atoms with Gasteiger partial charge in [-0.1, -0.05) is 12.1 Å². The van der Waals surface area contributed by atoms with Gasteiger partial charge in [0.25, 0.3) is 0 Å². The number of aromatic amines is 1. The van der Waals surface area contributed by atoms with E-state index in [2.05, 4.69) is 15.5 Å². The molecule has 2 aromatic rings. The van der Waals surface area contributed by atoms with Gasteiger partial charge >= 0.3 is 12.1 Å². The molecule has 1 unspecified atom stereocenters. The molecule has 136 valence electrons. The van der Waals surface area contributed by atoms with E-state index in [4.69, 9.17) is 4.74 Å². The Hall–Kier alpha value is -3.03. The van der Waals surface area contributed by atoms with E-state index in [0.29, 0.717) is 37.6 Å². The molecule has 3 amide bonds. The summed E-state index contributed by atoms with van der Waals surface area (Å²) >= 11 is 0. The summed E-state index contributed by atoms with van der Waals surface area (Å²) in [6, 6.07) is 9.09. The normalized spacial score (nSPS) is 20.2. The molecular weight excluding hydrogens is 334 g/mol. The van der Waals surface area contributed by atoms with E-state index in [1.54, 1.807) is 17.2 Å². The van der Waals surface area contributed by atoms with E-state index in [9.17, 15) is 9.59 Å². The molecule has 2 aliphatic heterocycles. The molecule has 0 aliphatic carbocycles. The molecule has 4 rings (SSSR count). The molecule has 2 fully saturated rings. The maximum Gasteiger partial charge on any atom is 0.414 e. The van der Waals surface area contributed by atoms with Crippen molar-refractivity contribution in [1.82, 2.24) is 15.1 Å². The van der Waals surface area contributed by atoms with Gasteiger partial charge < -0.3 is 15.0 Å². The Bertz CT molecular complexity index is 792. The minimum absolute atomic E-state index is 0.158. The summed E-state index contributed by atoms with van der Waals surface area (Å²) in [5.74, 6) is 0.265. The SMILES string of the molecule is O=C(Nc1ccccc1N1CCOC1=O)N1CCCC(c2ccn[nH]2)C1. The van der Waals surface area contributed by atoms with Gasteiger partial charge in [-0.15, -0.1) is 0 Å². The van der Waals surface area contributed by atoms with Gasteiger partial charge in [0.1, 0.15) is 6.61 Å². The van der Waals surface area contributed by atoms with E-state index in [0.717, 1.165) is 18.5 Å². The summed E-state index contributed by atoms with van der Waals surface area (Å²) in [7, 11) is 0. The Morgan fingerprint density at radius 2 is 2.15 bits per heavy atom. The number of cyclic esters (lactones) is 1. The van der Waals surface area contributed by atoms with Crippen molar-refractivity contribution >= 4 is 23.5 Å². The van der Waals surface area contributed by atoms with Gasteiger partial charge in [-0.25, -0.2) is 9.59 Å². The number of rotatable bonds is 3. The Morgan fingerprint density at radius 1 is 1.27 bits per heavy atom. The smallest absolute Gasteiger partial charge is 0.414 e. The molecule has 0 bridgehead atoms. The number of aromatic nitrogens is 2. The van der Waals surface area contributed by atoms with Gasteiger partial charge in [-0.3, -0.25) is 10.00 Å². The molecule has 3 heterocycles. The number of anilines is 2. The number of benzene rings is 1. The van der Waals surface area contributed by atoms with Gasteiger partial charge in [0, 0.05) is 30.9 Å². The maximum absolute atomic E-state index is 12.8. The van der Waals surface area contributed by atoms with E-state index in [-0.39, 0.29) is 18.0 Å². The summed E-state index contributed by atoms with van der Waals surface area (Å²) in [5.41, 5.74) is 2.33. The van der Waals surface area contributed by atoms with E-state index >= 15 is 0 Å². The number of H-pyrrole nitrogens is 1. The molecular formula is C18H21N5O3. The molecule has 0 spiro atoms. The number of amides is 3. The number of likely N-dealkylation sites (tertiary alicyclic amines) is 1. The van der Waals surface area contributed by atoms with Crippen LogP contribution in [0.1, 0.15) is 24.5 Å². The number of urea groups is 1. The summed E-state index contributed by atoms with van der Waals surface area (Å²) in [6.07, 6.45) is 3.32. The second-order valence-corrected chi connectivity index (χ2v) is 6.51. The lowest BCUT2D eigenvalue weighted by Crippen LogP contribution is -2.42. The van der Waals surface area contributed by atoms with Crippen molar-refractivity contribution in [3.63, 3.8) is 0 Å². The maximum atomic E-state index is 12.8. The average molecular weight is 355 g/mol. The first-order valence-electron chi connectivity index (χ1n) is 8.81. The first kappa shape index (κ1) is 16.4. The van der Waals surface area contributed by atoms with E-state index < -0.39 is 0 Å². The number of piperidine rings is 1. The number of carbonyl (C=O) groups is 2. The van der Waals surface area contributed by atoms with Crippen molar-refractivity contribution in [2.75, 3.05) is 36.5 Å². The first-order valence-corrected chi connectivity index (χ1v) is 8.81. The van der Waals surface area contributed by atoms with Crippen molar-refractivity contribution in [2.45, 2.75) is 18.8 Å². The molecule has 2 N–H and O–H groups in total. The zero-order valence-electron chi connectivity index (χ0n) is 14.4. The zero-order valence-corrected chi connectivity index (χ0v) is 14.4. The fourth-order valence-corrected chi connectivity index (χ4v) is 3.53. The van der Waals surface area contributed by atoms with Crippen molar-refractivity contribution in [3.05, 3.63) is 42.2 Å². The molecule has 26 heavy (non-hydrogen) atoms. The predicted octanol–water partition coefficient (Wildman–Crippen LogP) is 2.78. The number of nitrogens with one attached hydrogen (secondary N) is 2. The molecule has 8 heteroatoms. The number of nitrogens with zero attached hydrogens (tertiary/aromatic N) is 3. The highest BCUT2D eigenvalue weighted by Gasteiger charge is 2.28. The number of hydrogen-bond acceptors (Lipinski definition) is 4. The molecule has 0 radical (unpaired) electrons. The van der Waals surface area contributed by atoms with Gasteiger partial charge in [-0.05, 0) is 31.0 Å². The van der Waals surface area contributed by atoms with E-state index in [1.807, 2.05) is 29.2 Å². The molecule has 2 saturated heterocycles. The van der Waals surface area contributed by atoms with Crippen LogP contribution in [0.5, 0.6) is 0 Å². The third-order valence-electron chi connectivity index (χ3n) is 4.87. The van der Waals surface area contributed by atoms with Crippen molar-refractivity contribution < 1.29 is 14.3 Å². The topological polar surface area (TPSA) is 90.6 Å². The van der Waals surface area contributed by atoms with Crippen LogP contribution in [0.15, 0.2) is 36.5 Å². The van der Waals surface area contributed by atoms with Gasteiger partial charge in [-0.2, -0.15) is 5.10 Å². The Balaban J connectivity index is 1.47. The largest absolute Gasteiger partial charge is 0.447 e. The first-order chi connectivity index (χ1) is 12.7. The van der Waals surface area contributed by atoms with Crippen molar-refractivity contribution in [3.8, 4) is 0 Å². The molecule has 1 atom stereocenters. The van der Waals surface area contributed by atoms with Gasteiger partial charge in [0.05, 0.1) is 17.9 Å². The van der Waals surface area contributed by atoms with Crippen LogP contribution in [0, 0.1) is 0 Å². The van der Waals surface area contributed by atoms with Gasteiger partial charge in [0.2, 0.25) is 0 Å². The quantitative estimate of drug-likeness (QED) is 0.886.